The molecule has 6 nitrogen and oxygen atoms in total. The van der Waals surface area contributed by atoms with Gasteiger partial charge in [-0.15, -0.1) is 0 Å². The van der Waals surface area contributed by atoms with E-state index in [0.717, 1.165) is 11.1 Å². The zero-order chi connectivity index (χ0) is 16.2. The van der Waals surface area contributed by atoms with E-state index in [0.29, 0.717) is 5.71 Å². The van der Waals surface area contributed by atoms with Crippen LogP contribution in [-0.4, -0.2) is 36.5 Å². The number of hydrogen-bond donors (Lipinski definition) is 0. The molecule has 0 spiro atoms. The van der Waals surface area contributed by atoms with E-state index >= 15 is 0 Å². The molecule has 1 aliphatic heterocycles. The first-order valence-corrected chi connectivity index (χ1v) is 7.20. The molecular formula is C16H19NO5. The molecule has 2 rings (SSSR count). The number of ether oxygens (including phenoxy) is 2. The number of benzene rings is 1. The summed E-state index contributed by atoms with van der Waals surface area (Å²) in [4.78, 5) is 29.6. The van der Waals surface area contributed by atoms with Gasteiger partial charge in [0.05, 0.1) is 25.3 Å². The van der Waals surface area contributed by atoms with Gasteiger partial charge in [-0.3, -0.25) is 0 Å². The smallest absolute Gasteiger partial charge is 0.365 e. The van der Waals surface area contributed by atoms with Gasteiger partial charge in [-0.05, 0) is 26.3 Å². The van der Waals surface area contributed by atoms with Gasteiger partial charge in [-0.2, -0.15) is 0 Å². The molecule has 0 radical (unpaired) electrons. The molecular weight excluding hydrogens is 286 g/mol. The fourth-order valence-corrected chi connectivity index (χ4v) is 2.21. The van der Waals surface area contributed by atoms with Crippen molar-refractivity contribution in [1.82, 2.24) is 0 Å². The Morgan fingerprint density at radius 3 is 2.41 bits per heavy atom. The normalized spacial score (nSPS) is 15.7. The average molecular weight is 305 g/mol. The zero-order valence-electron chi connectivity index (χ0n) is 12.9. The summed E-state index contributed by atoms with van der Waals surface area (Å²) in [6.45, 7) is 5.55. The van der Waals surface area contributed by atoms with E-state index in [1.807, 2.05) is 31.2 Å². The number of hydrogen-bond acceptors (Lipinski definition) is 6. The van der Waals surface area contributed by atoms with Gasteiger partial charge in [0.15, 0.2) is 0 Å². The van der Waals surface area contributed by atoms with E-state index in [4.69, 9.17) is 14.3 Å². The number of rotatable bonds is 5. The molecule has 0 N–H and O–H groups in total. The summed E-state index contributed by atoms with van der Waals surface area (Å²) in [7, 11) is 0. The van der Waals surface area contributed by atoms with Crippen LogP contribution in [0.5, 0.6) is 0 Å². The SMILES string of the molecule is CCOC(=O)C1(C(=O)OCC)CC(c2cccc(C)c2)=NO1. The minimum Gasteiger partial charge on any atom is -0.462 e. The van der Waals surface area contributed by atoms with Gasteiger partial charge in [0, 0.05) is 0 Å². The van der Waals surface area contributed by atoms with Crippen LogP contribution in [-0.2, 0) is 23.9 Å². The largest absolute Gasteiger partial charge is 0.462 e. The van der Waals surface area contributed by atoms with Crippen LogP contribution in [0.2, 0.25) is 0 Å². The van der Waals surface area contributed by atoms with E-state index in [2.05, 4.69) is 5.16 Å². The minimum atomic E-state index is -1.84. The monoisotopic (exact) mass is 305 g/mol. The summed E-state index contributed by atoms with van der Waals surface area (Å²) < 4.78 is 9.93. The quantitative estimate of drug-likeness (QED) is 0.614. The second-order valence-corrected chi connectivity index (χ2v) is 4.94. The van der Waals surface area contributed by atoms with Crippen LogP contribution < -0.4 is 0 Å². The third-order valence-corrected chi connectivity index (χ3v) is 3.29. The molecule has 1 aromatic carbocycles. The van der Waals surface area contributed by atoms with Crippen LogP contribution in [0.15, 0.2) is 29.4 Å². The molecule has 0 atom stereocenters. The first-order chi connectivity index (χ1) is 10.5. The predicted octanol–water partition coefficient (Wildman–Crippen LogP) is 1.98. The second-order valence-electron chi connectivity index (χ2n) is 4.94. The van der Waals surface area contributed by atoms with Crippen molar-refractivity contribution >= 4 is 17.7 Å². The maximum atomic E-state index is 12.2. The molecule has 0 aromatic heterocycles. The van der Waals surface area contributed by atoms with Gasteiger partial charge < -0.3 is 14.3 Å². The van der Waals surface area contributed by atoms with Crippen molar-refractivity contribution < 1.29 is 23.9 Å². The molecule has 118 valence electrons. The molecule has 22 heavy (non-hydrogen) atoms. The Morgan fingerprint density at radius 1 is 1.23 bits per heavy atom. The number of oxime groups is 1. The molecule has 0 saturated heterocycles. The van der Waals surface area contributed by atoms with Crippen LogP contribution in [0.1, 0.15) is 31.4 Å². The highest BCUT2D eigenvalue weighted by atomic mass is 16.7. The molecule has 0 bridgehead atoms. The summed E-state index contributed by atoms with van der Waals surface area (Å²) in [5.74, 6) is -1.56. The Bertz CT molecular complexity index is 590. The lowest BCUT2D eigenvalue weighted by molar-refractivity contribution is -0.187. The topological polar surface area (TPSA) is 74.2 Å². The average Bonchev–Trinajstić information content (AvgIpc) is 2.94. The van der Waals surface area contributed by atoms with Crippen molar-refractivity contribution in [2.24, 2.45) is 5.16 Å². The molecule has 0 unspecified atom stereocenters. The van der Waals surface area contributed by atoms with Crippen molar-refractivity contribution in [1.29, 1.82) is 0 Å². The minimum absolute atomic E-state index is 0.00583. The molecule has 0 saturated carbocycles. The molecule has 1 aromatic rings. The van der Waals surface area contributed by atoms with Crippen molar-refractivity contribution in [2.45, 2.75) is 32.8 Å². The van der Waals surface area contributed by atoms with E-state index in [9.17, 15) is 9.59 Å². The summed E-state index contributed by atoms with van der Waals surface area (Å²) in [5, 5.41) is 3.92. The van der Waals surface area contributed by atoms with Gasteiger partial charge in [0.25, 0.3) is 0 Å². The Labute approximate surface area is 129 Å². The number of aryl methyl sites for hydroxylation is 1. The van der Waals surface area contributed by atoms with Crippen LogP contribution in [0.3, 0.4) is 0 Å². The van der Waals surface area contributed by atoms with Crippen LogP contribution in [0, 0.1) is 6.92 Å². The molecule has 0 amide bonds. The molecule has 0 fully saturated rings. The van der Waals surface area contributed by atoms with E-state index in [-0.39, 0.29) is 19.6 Å². The first-order valence-electron chi connectivity index (χ1n) is 7.20. The van der Waals surface area contributed by atoms with Crippen LogP contribution in [0.25, 0.3) is 0 Å². The third-order valence-electron chi connectivity index (χ3n) is 3.29. The van der Waals surface area contributed by atoms with Crippen molar-refractivity contribution in [2.75, 3.05) is 13.2 Å². The lowest BCUT2D eigenvalue weighted by Crippen LogP contribution is -2.49. The lowest BCUT2D eigenvalue weighted by atomic mass is 9.93. The Balaban J connectivity index is 2.28. The van der Waals surface area contributed by atoms with Crippen molar-refractivity contribution in [3.63, 3.8) is 0 Å². The third kappa shape index (κ3) is 2.95. The van der Waals surface area contributed by atoms with Gasteiger partial charge in [0.2, 0.25) is 0 Å². The van der Waals surface area contributed by atoms with E-state index in [1.54, 1.807) is 13.8 Å². The highest BCUT2D eigenvalue weighted by Crippen LogP contribution is 2.30. The van der Waals surface area contributed by atoms with Crippen LogP contribution >= 0.6 is 0 Å². The Kier molecular flexibility index (Phi) is 4.80. The van der Waals surface area contributed by atoms with Gasteiger partial charge in [0.1, 0.15) is 0 Å². The molecule has 1 heterocycles. The predicted molar refractivity (Wildman–Crippen MR) is 79.4 cm³/mol. The van der Waals surface area contributed by atoms with E-state index in [1.165, 1.54) is 0 Å². The number of carbonyl (C=O) groups excluding carboxylic acids is 2. The maximum absolute atomic E-state index is 12.2. The summed E-state index contributed by atoms with van der Waals surface area (Å²) in [6, 6.07) is 7.59. The Morgan fingerprint density at radius 2 is 1.86 bits per heavy atom. The van der Waals surface area contributed by atoms with Gasteiger partial charge >= 0.3 is 17.5 Å². The number of esters is 2. The summed E-state index contributed by atoms with van der Waals surface area (Å²) >= 11 is 0. The standard InChI is InChI=1S/C16H19NO5/c1-4-20-14(18)16(15(19)21-5-2)10-13(17-22-16)12-8-6-7-11(3)9-12/h6-9H,4-5,10H2,1-3H3. The zero-order valence-corrected chi connectivity index (χ0v) is 12.9. The number of nitrogens with zero attached hydrogens (tertiary/aromatic N) is 1. The van der Waals surface area contributed by atoms with Crippen molar-refractivity contribution in [3.05, 3.63) is 35.4 Å². The van der Waals surface area contributed by atoms with Gasteiger partial charge in [-0.1, -0.05) is 35.0 Å². The number of carbonyl (C=O) groups is 2. The summed E-state index contributed by atoms with van der Waals surface area (Å²) in [5.41, 5.74) is 0.524. The first kappa shape index (κ1) is 16.0. The van der Waals surface area contributed by atoms with Gasteiger partial charge in [-0.25, -0.2) is 9.59 Å². The highest BCUT2D eigenvalue weighted by molar-refractivity contribution is 6.13. The molecule has 0 aliphatic carbocycles. The molecule has 6 heteroatoms. The molecule has 1 aliphatic rings. The maximum Gasteiger partial charge on any atom is 0.365 e. The summed E-state index contributed by atoms with van der Waals surface area (Å²) in [6.07, 6.45) is -0.00583. The fourth-order valence-electron chi connectivity index (χ4n) is 2.21. The van der Waals surface area contributed by atoms with Crippen LogP contribution in [0.4, 0.5) is 0 Å². The highest BCUT2D eigenvalue weighted by Gasteiger charge is 2.56. The second kappa shape index (κ2) is 6.60. The van der Waals surface area contributed by atoms with Crippen molar-refractivity contribution in [3.8, 4) is 0 Å². The fraction of sp³-hybridized carbons (Fsp3) is 0.438. The van der Waals surface area contributed by atoms with E-state index < -0.39 is 17.5 Å². The Hall–Kier alpha value is -2.37. The lowest BCUT2D eigenvalue weighted by Gasteiger charge is -2.21.